The Morgan fingerprint density at radius 2 is 2.29 bits per heavy atom. The van der Waals surface area contributed by atoms with Crippen molar-refractivity contribution in [1.29, 1.82) is 0 Å². The largest absolute Gasteiger partial charge is 0.322 e. The van der Waals surface area contributed by atoms with Gasteiger partial charge in [0.15, 0.2) is 0 Å². The van der Waals surface area contributed by atoms with Crippen LogP contribution in [0.1, 0.15) is 34.1 Å². The van der Waals surface area contributed by atoms with E-state index < -0.39 is 0 Å². The van der Waals surface area contributed by atoms with Crippen LogP contribution in [0.3, 0.4) is 0 Å². The minimum absolute atomic E-state index is 0.170. The third-order valence-corrected chi connectivity index (χ3v) is 3.14. The highest BCUT2D eigenvalue weighted by Crippen LogP contribution is 2.19. The lowest BCUT2D eigenvalue weighted by Gasteiger charge is -2.10. The van der Waals surface area contributed by atoms with Crippen LogP contribution in [0.25, 0.3) is 0 Å². The number of anilines is 1. The minimum atomic E-state index is -0.170. The molecule has 5 nitrogen and oxygen atoms in total. The van der Waals surface area contributed by atoms with E-state index in [0.29, 0.717) is 12.1 Å². The molecule has 1 heterocycles. The number of aromatic amines is 1. The molecule has 1 amide bonds. The number of aromatic nitrogens is 2. The number of benzene rings is 1. The second-order valence-corrected chi connectivity index (χ2v) is 4.59. The van der Waals surface area contributed by atoms with Crippen LogP contribution >= 0.6 is 0 Å². The zero-order valence-corrected chi connectivity index (χ0v) is 12.2. The van der Waals surface area contributed by atoms with Gasteiger partial charge in [0.25, 0.3) is 5.91 Å². The second-order valence-electron chi connectivity index (χ2n) is 4.59. The van der Waals surface area contributed by atoms with Crippen LogP contribution in [-0.4, -0.2) is 22.6 Å². The number of aryl methyl sites for hydroxylation is 2. The van der Waals surface area contributed by atoms with E-state index in [4.69, 9.17) is 5.73 Å². The number of H-pyrrole nitrogens is 1. The molecule has 0 unspecified atom stereocenters. The summed E-state index contributed by atoms with van der Waals surface area (Å²) in [7, 11) is 0. The Balaban J connectivity index is 2.24. The number of carbonyl (C=O) groups excluding carboxylic acids is 1. The summed E-state index contributed by atoms with van der Waals surface area (Å²) in [4.78, 5) is 12.2. The van der Waals surface area contributed by atoms with Gasteiger partial charge < -0.3 is 11.1 Å². The average Bonchev–Trinajstić information content (AvgIpc) is 2.92. The van der Waals surface area contributed by atoms with Crippen LogP contribution in [0.4, 0.5) is 5.69 Å². The molecule has 108 valence electrons. The Labute approximate surface area is 123 Å². The van der Waals surface area contributed by atoms with Gasteiger partial charge in [-0.1, -0.05) is 18.8 Å². The van der Waals surface area contributed by atoms with E-state index in [1.165, 1.54) is 6.20 Å². The van der Waals surface area contributed by atoms with Crippen LogP contribution < -0.4 is 11.1 Å². The summed E-state index contributed by atoms with van der Waals surface area (Å²) in [5, 5.41) is 9.53. The van der Waals surface area contributed by atoms with Crippen molar-refractivity contribution in [2.45, 2.75) is 20.3 Å². The first-order valence-electron chi connectivity index (χ1n) is 6.79. The molecule has 0 saturated heterocycles. The third-order valence-electron chi connectivity index (χ3n) is 3.14. The fraction of sp³-hybridized carbons (Fsp3) is 0.250. The van der Waals surface area contributed by atoms with Crippen molar-refractivity contribution < 1.29 is 4.79 Å². The van der Waals surface area contributed by atoms with Gasteiger partial charge >= 0.3 is 0 Å². The normalized spacial score (nSPS) is 9.86. The van der Waals surface area contributed by atoms with Crippen molar-refractivity contribution in [1.82, 2.24) is 10.2 Å². The minimum Gasteiger partial charge on any atom is -0.322 e. The van der Waals surface area contributed by atoms with Gasteiger partial charge in [-0.2, -0.15) is 5.10 Å². The number of amides is 1. The summed E-state index contributed by atoms with van der Waals surface area (Å²) in [5.41, 5.74) is 9.39. The number of carbonyl (C=O) groups is 1. The molecule has 2 aromatic rings. The maximum atomic E-state index is 12.2. The zero-order valence-electron chi connectivity index (χ0n) is 12.2. The lowest BCUT2D eigenvalue weighted by atomic mass is 10.1. The number of hydrogen-bond donors (Lipinski definition) is 3. The van der Waals surface area contributed by atoms with Gasteiger partial charge in [0.1, 0.15) is 0 Å². The average molecular weight is 282 g/mol. The first-order chi connectivity index (χ1) is 10.2. The fourth-order valence-corrected chi connectivity index (χ4v) is 2.01. The van der Waals surface area contributed by atoms with Gasteiger partial charge in [-0.05, 0) is 37.1 Å². The number of rotatable bonds is 3. The van der Waals surface area contributed by atoms with Crippen LogP contribution in [0.2, 0.25) is 0 Å². The van der Waals surface area contributed by atoms with Crippen LogP contribution in [0.15, 0.2) is 24.4 Å². The number of nitrogens with one attached hydrogen (secondary N) is 2. The molecule has 0 saturated carbocycles. The van der Waals surface area contributed by atoms with E-state index in [0.717, 1.165) is 28.9 Å². The Bertz CT molecular complexity index is 707. The molecule has 0 aliphatic rings. The van der Waals surface area contributed by atoms with Gasteiger partial charge in [-0.25, -0.2) is 0 Å². The van der Waals surface area contributed by atoms with Gasteiger partial charge in [0.2, 0.25) is 0 Å². The summed E-state index contributed by atoms with van der Waals surface area (Å²) >= 11 is 0. The third kappa shape index (κ3) is 3.50. The van der Waals surface area contributed by atoms with Crippen molar-refractivity contribution in [2.75, 3.05) is 11.9 Å². The standard InChI is InChI=1S/C16H18N4O/c1-3-13-9-12(5-4-8-17)6-7-15(13)19-16(21)14-10-18-20-11(14)2/h6-7,9-10H,3,8,17H2,1-2H3,(H,18,20)(H,19,21). The lowest BCUT2D eigenvalue weighted by molar-refractivity contribution is 0.102. The van der Waals surface area contributed by atoms with Crippen molar-refractivity contribution in [3.63, 3.8) is 0 Å². The second kappa shape index (κ2) is 6.73. The number of hydrogen-bond acceptors (Lipinski definition) is 3. The number of nitrogens with two attached hydrogens (primary N) is 1. The molecular weight excluding hydrogens is 264 g/mol. The van der Waals surface area contributed by atoms with Gasteiger partial charge in [0, 0.05) is 16.9 Å². The first kappa shape index (κ1) is 14.8. The molecule has 0 bridgehead atoms. The van der Waals surface area contributed by atoms with Gasteiger partial charge in [0.05, 0.1) is 18.3 Å². The highest BCUT2D eigenvalue weighted by atomic mass is 16.1. The van der Waals surface area contributed by atoms with E-state index in [-0.39, 0.29) is 5.91 Å². The maximum absolute atomic E-state index is 12.2. The molecule has 0 radical (unpaired) electrons. The maximum Gasteiger partial charge on any atom is 0.259 e. The quantitative estimate of drug-likeness (QED) is 0.751. The highest BCUT2D eigenvalue weighted by Gasteiger charge is 2.12. The molecule has 2 rings (SSSR count). The molecule has 0 fully saturated rings. The molecular formula is C16H18N4O. The van der Waals surface area contributed by atoms with Crippen LogP contribution in [0.5, 0.6) is 0 Å². The molecule has 0 aliphatic carbocycles. The summed E-state index contributed by atoms with van der Waals surface area (Å²) in [6.45, 7) is 4.18. The summed E-state index contributed by atoms with van der Waals surface area (Å²) in [6, 6.07) is 5.72. The molecule has 1 aromatic heterocycles. The van der Waals surface area contributed by atoms with Gasteiger partial charge in [-0.3, -0.25) is 9.89 Å². The lowest BCUT2D eigenvalue weighted by Crippen LogP contribution is -2.13. The van der Waals surface area contributed by atoms with E-state index in [9.17, 15) is 4.79 Å². The van der Waals surface area contributed by atoms with Crippen molar-refractivity contribution in [3.8, 4) is 11.8 Å². The highest BCUT2D eigenvalue weighted by molar-refractivity contribution is 6.05. The monoisotopic (exact) mass is 282 g/mol. The predicted molar refractivity (Wildman–Crippen MR) is 83.0 cm³/mol. The Hall–Kier alpha value is -2.58. The fourth-order valence-electron chi connectivity index (χ4n) is 2.01. The summed E-state index contributed by atoms with van der Waals surface area (Å²) in [5.74, 6) is 5.65. The molecule has 5 heteroatoms. The number of nitrogens with zero attached hydrogens (tertiary/aromatic N) is 1. The van der Waals surface area contributed by atoms with Gasteiger partial charge in [-0.15, -0.1) is 0 Å². The molecule has 21 heavy (non-hydrogen) atoms. The van der Waals surface area contributed by atoms with Crippen LogP contribution in [0, 0.1) is 18.8 Å². The summed E-state index contributed by atoms with van der Waals surface area (Å²) < 4.78 is 0. The first-order valence-corrected chi connectivity index (χ1v) is 6.79. The Morgan fingerprint density at radius 1 is 1.48 bits per heavy atom. The molecule has 0 aliphatic heterocycles. The van der Waals surface area contributed by atoms with Crippen LogP contribution in [-0.2, 0) is 6.42 Å². The molecule has 4 N–H and O–H groups in total. The zero-order chi connectivity index (χ0) is 15.2. The van der Waals surface area contributed by atoms with E-state index >= 15 is 0 Å². The summed E-state index contributed by atoms with van der Waals surface area (Å²) in [6.07, 6.45) is 2.33. The molecule has 0 atom stereocenters. The van der Waals surface area contributed by atoms with Crippen molar-refractivity contribution >= 4 is 11.6 Å². The van der Waals surface area contributed by atoms with E-state index in [1.54, 1.807) is 0 Å². The topological polar surface area (TPSA) is 83.8 Å². The molecule has 1 aromatic carbocycles. The smallest absolute Gasteiger partial charge is 0.259 e. The molecule has 0 spiro atoms. The van der Waals surface area contributed by atoms with Crippen molar-refractivity contribution in [3.05, 3.63) is 46.8 Å². The van der Waals surface area contributed by atoms with E-state index in [1.807, 2.05) is 32.0 Å². The van der Waals surface area contributed by atoms with E-state index in [2.05, 4.69) is 27.4 Å². The Kier molecular flexibility index (Phi) is 4.75. The Morgan fingerprint density at radius 3 is 2.90 bits per heavy atom. The van der Waals surface area contributed by atoms with Crippen molar-refractivity contribution in [2.24, 2.45) is 5.73 Å². The predicted octanol–water partition coefficient (Wildman–Crippen LogP) is 1.84. The SMILES string of the molecule is CCc1cc(C#CCN)ccc1NC(=O)c1cn[nH]c1C.